The van der Waals surface area contributed by atoms with Gasteiger partial charge in [0.1, 0.15) is 12.1 Å². The second-order valence-electron chi connectivity index (χ2n) is 7.09. The first-order chi connectivity index (χ1) is 12.3. The van der Waals surface area contributed by atoms with E-state index in [9.17, 15) is 14.4 Å². The summed E-state index contributed by atoms with van der Waals surface area (Å²) in [4.78, 5) is 46.6. The third-order valence-electron chi connectivity index (χ3n) is 5.10. The van der Waals surface area contributed by atoms with E-state index in [0.717, 1.165) is 35.6 Å². The van der Waals surface area contributed by atoms with Crippen molar-refractivity contribution < 1.29 is 14.4 Å². The van der Waals surface area contributed by atoms with Gasteiger partial charge in [0.25, 0.3) is 11.8 Å². The maximum atomic E-state index is 12.8. The monoisotopic (exact) mass is 360 g/mol. The smallest absolute Gasteiger partial charge is 0.323 e. The lowest BCUT2D eigenvalue weighted by Gasteiger charge is -2.36. The highest BCUT2D eigenvalue weighted by molar-refractivity contribution is 6.09. The van der Waals surface area contributed by atoms with Crippen LogP contribution < -0.4 is 16.2 Å². The molecule has 1 aromatic rings. The van der Waals surface area contributed by atoms with Gasteiger partial charge in [-0.05, 0) is 38.7 Å². The maximum absolute atomic E-state index is 12.8. The van der Waals surface area contributed by atoms with Crippen molar-refractivity contribution in [3.05, 3.63) is 17.5 Å². The van der Waals surface area contributed by atoms with Crippen molar-refractivity contribution >= 4 is 23.8 Å². The Morgan fingerprint density at radius 2 is 2.00 bits per heavy atom. The summed E-state index contributed by atoms with van der Waals surface area (Å²) in [6, 6.07) is 1.30. The molecule has 2 unspecified atom stereocenters. The van der Waals surface area contributed by atoms with Gasteiger partial charge in [-0.15, -0.1) is 0 Å². The topological polar surface area (TPSA) is 116 Å². The molecule has 1 saturated heterocycles. The number of carbonyl (C=O) groups excluding carboxylic acids is 3. The first kappa shape index (κ1) is 18.1. The van der Waals surface area contributed by atoms with E-state index in [2.05, 4.69) is 26.1 Å². The predicted molar refractivity (Wildman–Crippen MR) is 93.9 cm³/mol. The SMILES string of the molecule is Cc1cc(C)nc(NNC(=O)CN2C(=O)NC3(CCCCC3C)C2=O)n1. The third-order valence-corrected chi connectivity index (χ3v) is 5.10. The summed E-state index contributed by atoms with van der Waals surface area (Å²) in [5.74, 6) is -0.516. The predicted octanol–water partition coefficient (Wildman–Crippen LogP) is 1.04. The number of urea groups is 1. The third kappa shape index (κ3) is 3.33. The number of nitrogens with one attached hydrogen (secondary N) is 3. The van der Waals surface area contributed by atoms with Gasteiger partial charge in [0, 0.05) is 11.4 Å². The fraction of sp³-hybridized carbons (Fsp3) is 0.588. The molecule has 2 fully saturated rings. The maximum Gasteiger partial charge on any atom is 0.325 e. The summed E-state index contributed by atoms with van der Waals surface area (Å²) in [6.07, 6.45) is 3.44. The molecule has 2 heterocycles. The number of amides is 4. The van der Waals surface area contributed by atoms with Crippen LogP contribution in [0, 0.1) is 19.8 Å². The van der Waals surface area contributed by atoms with Crippen LogP contribution >= 0.6 is 0 Å². The highest BCUT2D eigenvalue weighted by Crippen LogP contribution is 2.38. The molecule has 0 radical (unpaired) electrons. The molecule has 1 saturated carbocycles. The highest BCUT2D eigenvalue weighted by atomic mass is 16.2. The number of hydrogen-bond acceptors (Lipinski definition) is 6. The molecule has 9 nitrogen and oxygen atoms in total. The number of hydrazine groups is 1. The molecule has 1 aliphatic heterocycles. The number of hydrogen-bond donors (Lipinski definition) is 3. The molecule has 2 atom stereocenters. The standard InChI is InChI=1S/C17H24N6O3/c1-10-6-4-5-7-17(10)14(25)23(16(26)20-17)9-13(24)21-22-15-18-11(2)8-12(3)19-15/h8,10H,4-7,9H2,1-3H3,(H,20,26)(H,21,24)(H,18,19,22). The Bertz CT molecular complexity index is 732. The number of aromatic nitrogens is 2. The van der Waals surface area contributed by atoms with E-state index in [1.54, 1.807) is 0 Å². The molecule has 3 N–H and O–H groups in total. The van der Waals surface area contributed by atoms with Crippen LogP contribution in [0.4, 0.5) is 10.7 Å². The molecule has 0 bridgehead atoms. The largest absolute Gasteiger partial charge is 0.325 e. The van der Waals surface area contributed by atoms with Gasteiger partial charge >= 0.3 is 6.03 Å². The van der Waals surface area contributed by atoms with Crippen molar-refractivity contribution in [3.8, 4) is 0 Å². The summed E-state index contributed by atoms with van der Waals surface area (Å²) >= 11 is 0. The van der Waals surface area contributed by atoms with E-state index in [1.165, 1.54) is 0 Å². The van der Waals surface area contributed by atoms with Crippen LogP contribution in [0.25, 0.3) is 0 Å². The molecular formula is C17H24N6O3. The minimum Gasteiger partial charge on any atom is -0.323 e. The number of rotatable bonds is 4. The lowest BCUT2D eigenvalue weighted by Crippen LogP contribution is -2.54. The molecular weight excluding hydrogens is 336 g/mol. The Kier molecular flexibility index (Phi) is 4.80. The van der Waals surface area contributed by atoms with Crippen LogP contribution in [0.2, 0.25) is 0 Å². The van der Waals surface area contributed by atoms with E-state index in [1.807, 2.05) is 26.8 Å². The van der Waals surface area contributed by atoms with E-state index < -0.39 is 17.5 Å². The van der Waals surface area contributed by atoms with Gasteiger partial charge in [0.2, 0.25) is 5.95 Å². The van der Waals surface area contributed by atoms with Gasteiger partial charge in [0.05, 0.1) is 0 Å². The Balaban J connectivity index is 1.62. The van der Waals surface area contributed by atoms with Crippen molar-refractivity contribution in [2.24, 2.45) is 5.92 Å². The van der Waals surface area contributed by atoms with Crippen molar-refractivity contribution in [3.63, 3.8) is 0 Å². The zero-order valence-corrected chi connectivity index (χ0v) is 15.3. The summed E-state index contributed by atoms with van der Waals surface area (Å²) < 4.78 is 0. The summed E-state index contributed by atoms with van der Waals surface area (Å²) in [6.45, 7) is 5.26. The average molecular weight is 360 g/mol. The molecule has 2 aliphatic rings. The van der Waals surface area contributed by atoms with Crippen LogP contribution in [0.5, 0.6) is 0 Å². The first-order valence-corrected chi connectivity index (χ1v) is 8.83. The van der Waals surface area contributed by atoms with Crippen LogP contribution in [-0.4, -0.2) is 44.8 Å². The molecule has 3 rings (SSSR count). The van der Waals surface area contributed by atoms with Gasteiger partial charge in [-0.3, -0.25) is 25.3 Å². The van der Waals surface area contributed by atoms with Crippen molar-refractivity contribution in [1.29, 1.82) is 0 Å². The fourth-order valence-corrected chi connectivity index (χ4v) is 3.73. The van der Waals surface area contributed by atoms with Gasteiger partial charge in [-0.2, -0.15) is 0 Å². The molecule has 26 heavy (non-hydrogen) atoms. The molecule has 1 spiro atoms. The first-order valence-electron chi connectivity index (χ1n) is 8.83. The van der Waals surface area contributed by atoms with Gasteiger partial charge in [-0.1, -0.05) is 19.8 Å². The number of imide groups is 1. The summed E-state index contributed by atoms with van der Waals surface area (Å²) in [5, 5.41) is 2.83. The molecule has 1 aliphatic carbocycles. The van der Waals surface area contributed by atoms with E-state index >= 15 is 0 Å². The lowest BCUT2D eigenvalue weighted by atomic mass is 9.73. The molecule has 1 aromatic heterocycles. The van der Waals surface area contributed by atoms with Gasteiger partial charge < -0.3 is 5.32 Å². The second-order valence-corrected chi connectivity index (χ2v) is 7.09. The quantitative estimate of drug-likeness (QED) is 0.546. The average Bonchev–Trinajstić information content (AvgIpc) is 2.80. The van der Waals surface area contributed by atoms with Gasteiger partial charge in [-0.25, -0.2) is 14.8 Å². The van der Waals surface area contributed by atoms with Crippen LogP contribution in [0.1, 0.15) is 44.0 Å². The zero-order valence-electron chi connectivity index (χ0n) is 15.3. The Morgan fingerprint density at radius 1 is 1.31 bits per heavy atom. The lowest BCUT2D eigenvalue weighted by molar-refractivity contribution is -0.137. The Hall–Kier alpha value is -2.71. The summed E-state index contributed by atoms with van der Waals surface area (Å²) in [5.41, 5.74) is 5.71. The van der Waals surface area contributed by atoms with E-state index in [0.29, 0.717) is 6.42 Å². The molecule has 140 valence electrons. The van der Waals surface area contributed by atoms with E-state index in [-0.39, 0.29) is 24.3 Å². The molecule has 9 heteroatoms. The number of aryl methyl sites for hydroxylation is 2. The highest BCUT2D eigenvalue weighted by Gasteiger charge is 2.55. The summed E-state index contributed by atoms with van der Waals surface area (Å²) in [7, 11) is 0. The zero-order chi connectivity index (χ0) is 18.9. The number of anilines is 1. The number of nitrogens with zero attached hydrogens (tertiary/aromatic N) is 3. The van der Waals surface area contributed by atoms with Crippen molar-refractivity contribution in [2.45, 2.75) is 52.0 Å². The molecule has 4 amide bonds. The van der Waals surface area contributed by atoms with Crippen LogP contribution in [-0.2, 0) is 9.59 Å². The number of carbonyl (C=O) groups is 3. The minimum absolute atomic E-state index is 0.0579. The van der Waals surface area contributed by atoms with Crippen LogP contribution in [0.3, 0.4) is 0 Å². The minimum atomic E-state index is -0.861. The van der Waals surface area contributed by atoms with Crippen LogP contribution in [0.15, 0.2) is 6.07 Å². The second kappa shape index (κ2) is 6.89. The van der Waals surface area contributed by atoms with Crippen molar-refractivity contribution in [1.82, 2.24) is 25.6 Å². The van der Waals surface area contributed by atoms with E-state index in [4.69, 9.17) is 0 Å². The Morgan fingerprint density at radius 3 is 2.65 bits per heavy atom. The normalized spacial score (nSPS) is 25.3. The fourth-order valence-electron chi connectivity index (χ4n) is 3.73. The molecule has 0 aromatic carbocycles. The van der Waals surface area contributed by atoms with Gasteiger partial charge in [0.15, 0.2) is 0 Å². The van der Waals surface area contributed by atoms with Crippen molar-refractivity contribution in [2.75, 3.05) is 12.0 Å². The Labute approximate surface area is 151 Å².